The van der Waals surface area contributed by atoms with Gasteiger partial charge in [0.1, 0.15) is 0 Å². The molecule has 0 aliphatic rings. The van der Waals surface area contributed by atoms with Crippen molar-refractivity contribution in [3.63, 3.8) is 0 Å². The van der Waals surface area contributed by atoms with Crippen LogP contribution in [0.3, 0.4) is 0 Å². The van der Waals surface area contributed by atoms with Gasteiger partial charge in [0.05, 0.1) is 0 Å². The molecule has 0 bridgehead atoms. The van der Waals surface area contributed by atoms with E-state index in [0.717, 1.165) is 5.56 Å². The maximum Gasteiger partial charge on any atom is 0.233 e. The number of hydrogen-bond donors (Lipinski definition) is 0. The van der Waals surface area contributed by atoms with E-state index >= 15 is 0 Å². The largest absolute Gasteiger partial charge is 0.289 e. The van der Waals surface area contributed by atoms with Crippen molar-refractivity contribution in [1.82, 2.24) is 0 Å². The third-order valence-electron chi connectivity index (χ3n) is 4.72. The highest BCUT2D eigenvalue weighted by Gasteiger charge is 2.17. The fourth-order valence-corrected chi connectivity index (χ4v) is 3.28. The minimum atomic E-state index is -0.466. The Labute approximate surface area is 192 Å². The molecule has 4 heteroatoms. The second kappa shape index (κ2) is 11.5. The molecule has 158 valence electrons. The molecule has 32 heavy (non-hydrogen) atoms. The smallest absolute Gasteiger partial charge is 0.233 e. The summed E-state index contributed by atoms with van der Waals surface area (Å²) in [4.78, 5) is 35.8. The van der Waals surface area contributed by atoms with Crippen LogP contribution in [0.5, 0.6) is 0 Å². The summed E-state index contributed by atoms with van der Waals surface area (Å²) in [6.07, 6.45) is 0. The van der Waals surface area contributed by atoms with Gasteiger partial charge in [0.15, 0.2) is 5.78 Å². The Bertz CT molecular complexity index is 1140. The molecule has 0 fully saturated rings. The lowest BCUT2D eigenvalue weighted by Crippen LogP contribution is -2.14. The Kier molecular flexibility index (Phi) is 8.24. The van der Waals surface area contributed by atoms with E-state index in [1.165, 1.54) is 0 Å². The highest BCUT2D eigenvalue weighted by molar-refractivity contribution is 6.49. The van der Waals surface area contributed by atoms with Gasteiger partial charge in [0, 0.05) is 28.1 Å². The molecule has 0 saturated heterocycles. The van der Waals surface area contributed by atoms with Crippen LogP contribution in [-0.4, -0.2) is 17.3 Å². The molecule has 0 spiro atoms. The first-order valence-corrected chi connectivity index (χ1v) is 10.6. The summed E-state index contributed by atoms with van der Waals surface area (Å²) in [5.74, 6) is -0.551. The van der Waals surface area contributed by atoms with E-state index in [4.69, 9.17) is 11.6 Å². The summed E-state index contributed by atoms with van der Waals surface area (Å²) >= 11 is 5.81. The third-order valence-corrected chi connectivity index (χ3v) is 5.01. The van der Waals surface area contributed by atoms with Gasteiger partial charge in [-0.1, -0.05) is 115 Å². The molecule has 0 N–H and O–H groups in total. The van der Waals surface area contributed by atoms with Crippen molar-refractivity contribution in [1.29, 1.82) is 0 Å². The number of alkyl halides is 1. The predicted molar refractivity (Wildman–Crippen MR) is 127 cm³/mol. The number of Topliss-reactive ketones (excluding diaryl/α,β-unsaturated/α-hetero) is 2. The molecule has 4 rings (SSSR count). The van der Waals surface area contributed by atoms with Gasteiger partial charge in [-0.05, 0) is 5.56 Å². The summed E-state index contributed by atoms with van der Waals surface area (Å²) in [7, 11) is 0. The molecule has 0 amide bonds. The summed E-state index contributed by atoms with van der Waals surface area (Å²) in [5, 5.41) is 0. The molecule has 0 aromatic heterocycles. The Balaban J connectivity index is 0.000000181. The third kappa shape index (κ3) is 5.87. The number of carbonyl (C=O) groups is 3. The molecular weight excluding hydrogens is 420 g/mol. The zero-order chi connectivity index (χ0) is 22.8. The zero-order valence-electron chi connectivity index (χ0n) is 17.3. The average molecular weight is 441 g/mol. The molecule has 0 unspecified atom stereocenters. The van der Waals surface area contributed by atoms with Gasteiger partial charge < -0.3 is 0 Å². The Hall–Kier alpha value is -3.82. The number of rotatable bonds is 6. The summed E-state index contributed by atoms with van der Waals surface area (Å²) in [6, 6.07) is 33.8. The van der Waals surface area contributed by atoms with E-state index in [0.29, 0.717) is 28.1 Å². The molecule has 0 heterocycles. The molecule has 0 saturated carbocycles. The van der Waals surface area contributed by atoms with Crippen molar-refractivity contribution in [3.05, 3.63) is 143 Å². The first-order valence-electron chi connectivity index (χ1n) is 10.0. The van der Waals surface area contributed by atoms with E-state index in [9.17, 15) is 14.4 Å². The molecule has 0 atom stereocenters. The van der Waals surface area contributed by atoms with Crippen molar-refractivity contribution >= 4 is 29.0 Å². The van der Waals surface area contributed by atoms with Crippen LogP contribution < -0.4 is 0 Å². The van der Waals surface area contributed by atoms with Crippen LogP contribution in [-0.2, 0) is 5.88 Å². The van der Waals surface area contributed by atoms with Gasteiger partial charge >= 0.3 is 0 Å². The lowest BCUT2D eigenvalue weighted by molar-refractivity contribution is 0.0817. The van der Waals surface area contributed by atoms with Crippen LogP contribution in [0.15, 0.2) is 115 Å². The van der Waals surface area contributed by atoms with Gasteiger partial charge in [-0.15, -0.1) is 11.6 Å². The summed E-state index contributed by atoms with van der Waals surface area (Å²) in [6.45, 7) is 0. The van der Waals surface area contributed by atoms with Crippen molar-refractivity contribution in [3.8, 4) is 0 Å². The second-order valence-electron chi connectivity index (χ2n) is 6.88. The topological polar surface area (TPSA) is 51.2 Å². The van der Waals surface area contributed by atoms with E-state index in [-0.39, 0.29) is 5.78 Å². The number of carbonyl (C=O) groups excluding carboxylic acids is 3. The Morgan fingerprint density at radius 3 is 1.31 bits per heavy atom. The van der Waals surface area contributed by atoms with Crippen molar-refractivity contribution in [2.24, 2.45) is 0 Å². The van der Waals surface area contributed by atoms with Crippen LogP contribution in [0.4, 0.5) is 0 Å². The van der Waals surface area contributed by atoms with Crippen molar-refractivity contribution in [2.75, 3.05) is 0 Å². The van der Waals surface area contributed by atoms with Crippen LogP contribution in [0, 0.1) is 0 Å². The average Bonchev–Trinajstić information content (AvgIpc) is 2.89. The summed E-state index contributed by atoms with van der Waals surface area (Å²) in [5.41, 5.74) is 3.11. The molecule has 4 aromatic rings. The van der Waals surface area contributed by atoms with Crippen LogP contribution in [0.2, 0.25) is 0 Å². The van der Waals surface area contributed by atoms with Crippen molar-refractivity contribution in [2.45, 2.75) is 5.88 Å². The zero-order valence-corrected chi connectivity index (χ0v) is 18.0. The molecule has 0 aliphatic heterocycles. The predicted octanol–water partition coefficient (Wildman–Crippen LogP) is 6.41. The molecule has 0 radical (unpaired) electrons. The molecule has 0 aliphatic carbocycles. The van der Waals surface area contributed by atoms with E-state index in [1.54, 1.807) is 48.5 Å². The quantitative estimate of drug-likeness (QED) is 0.198. The second-order valence-corrected chi connectivity index (χ2v) is 7.14. The van der Waals surface area contributed by atoms with Gasteiger partial charge in [-0.25, -0.2) is 0 Å². The standard InChI is InChI=1S/C14H11ClO.C14H10O2/c15-10-12-8-4-5-9-13(12)14(16)11-6-2-1-3-7-11;15-13(11-7-3-1-4-8-11)14(16)12-9-5-2-6-10-12/h1-9H,10H2;1-10H. The van der Waals surface area contributed by atoms with Gasteiger partial charge in [-0.3, -0.25) is 14.4 Å². The first-order chi connectivity index (χ1) is 15.6. The number of benzene rings is 4. The van der Waals surface area contributed by atoms with E-state index < -0.39 is 11.6 Å². The van der Waals surface area contributed by atoms with E-state index in [2.05, 4.69) is 0 Å². The normalized spacial score (nSPS) is 9.91. The first kappa shape index (κ1) is 22.9. The number of halogens is 1. The lowest BCUT2D eigenvalue weighted by atomic mass is 9.99. The maximum absolute atomic E-state index is 12.2. The van der Waals surface area contributed by atoms with Gasteiger partial charge in [-0.2, -0.15) is 0 Å². The minimum Gasteiger partial charge on any atom is -0.289 e. The van der Waals surface area contributed by atoms with E-state index in [1.807, 2.05) is 66.7 Å². The van der Waals surface area contributed by atoms with Crippen LogP contribution in [0.1, 0.15) is 42.2 Å². The molecule has 3 nitrogen and oxygen atoms in total. The highest BCUT2D eigenvalue weighted by atomic mass is 35.5. The van der Waals surface area contributed by atoms with Gasteiger partial charge in [0.25, 0.3) is 0 Å². The Morgan fingerprint density at radius 2 is 0.875 bits per heavy atom. The van der Waals surface area contributed by atoms with Gasteiger partial charge in [0.2, 0.25) is 11.6 Å². The van der Waals surface area contributed by atoms with Crippen molar-refractivity contribution < 1.29 is 14.4 Å². The minimum absolute atomic E-state index is 0.0249. The fourth-order valence-electron chi connectivity index (χ4n) is 3.04. The van der Waals surface area contributed by atoms with Crippen LogP contribution in [0.25, 0.3) is 0 Å². The SMILES string of the molecule is O=C(C(=O)c1ccccc1)c1ccccc1.O=C(c1ccccc1)c1ccccc1CCl. The molecular formula is C28H21ClO3. The maximum atomic E-state index is 12.2. The number of hydrogen-bond acceptors (Lipinski definition) is 3. The fraction of sp³-hybridized carbons (Fsp3) is 0.0357. The number of ketones is 3. The Morgan fingerprint density at radius 1 is 0.500 bits per heavy atom. The lowest BCUT2D eigenvalue weighted by Gasteiger charge is -2.05. The summed E-state index contributed by atoms with van der Waals surface area (Å²) < 4.78 is 0. The molecule has 4 aromatic carbocycles. The highest BCUT2D eigenvalue weighted by Crippen LogP contribution is 2.16. The monoisotopic (exact) mass is 440 g/mol. The van der Waals surface area contributed by atoms with Crippen LogP contribution >= 0.6 is 11.6 Å².